The predicted octanol–water partition coefficient (Wildman–Crippen LogP) is 2.79. The molecule has 0 spiro atoms. The highest BCUT2D eigenvalue weighted by Crippen LogP contribution is 2.15. The molecule has 0 radical (unpaired) electrons. The first-order chi connectivity index (χ1) is 7.63. The molecular weight excluding hydrogens is 319 g/mol. The van der Waals surface area contributed by atoms with Crippen LogP contribution < -0.4 is 4.74 Å². The van der Waals surface area contributed by atoms with Gasteiger partial charge in [-0.05, 0) is 47.7 Å². The fourth-order valence-corrected chi connectivity index (χ4v) is 1.53. The van der Waals surface area contributed by atoms with Crippen LogP contribution in [0.15, 0.2) is 36.4 Å². The maximum Gasteiger partial charge on any atom is 0.336 e. The molecule has 0 N–H and O–H groups in total. The third kappa shape index (κ3) is 4.22. The van der Waals surface area contributed by atoms with Gasteiger partial charge in [0.15, 0.2) is 0 Å². The Labute approximate surface area is 109 Å². The second-order valence-corrected chi connectivity index (χ2v) is 4.32. The standard InChI is InChI=1S/C12H13IO3/c1-3-15-12(14)9(2)8-16-11-6-4-5-10(13)7-11/h4-7H,2-3,8H2,1H3. The van der Waals surface area contributed by atoms with Gasteiger partial charge in [0.1, 0.15) is 12.4 Å². The summed E-state index contributed by atoms with van der Waals surface area (Å²) in [6.07, 6.45) is 0. The molecule has 16 heavy (non-hydrogen) atoms. The summed E-state index contributed by atoms with van der Waals surface area (Å²) in [4.78, 5) is 11.2. The highest BCUT2D eigenvalue weighted by molar-refractivity contribution is 14.1. The van der Waals surface area contributed by atoms with Crippen molar-refractivity contribution in [3.8, 4) is 5.75 Å². The van der Waals surface area contributed by atoms with Gasteiger partial charge in [0.2, 0.25) is 0 Å². The van der Waals surface area contributed by atoms with Crippen LogP contribution in [0.5, 0.6) is 5.75 Å². The zero-order chi connectivity index (χ0) is 12.0. The average molecular weight is 332 g/mol. The Morgan fingerprint density at radius 2 is 2.25 bits per heavy atom. The summed E-state index contributed by atoms with van der Waals surface area (Å²) < 4.78 is 11.3. The molecule has 0 unspecified atom stereocenters. The molecule has 0 bridgehead atoms. The molecule has 1 rings (SSSR count). The number of ether oxygens (including phenoxy) is 2. The molecular formula is C12H13IO3. The summed E-state index contributed by atoms with van der Waals surface area (Å²) in [5.74, 6) is 0.311. The number of halogens is 1. The van der Waals surface area contributed by atoms with E-state index in [2.05, 4.69) is 29.2 Å². The van der Waals surface area contributed by atoms with Crippen LogP contribution in [-0.2, 0) is 9.53 Å². The van der Waals surface area contributed by atoms with Gasteiger partial charge in [0, 0.05) is 3.57 Å². The van der Waals surface area contributed by atoms with Gasteiger partial charge in [-0.2, -0.15) is 0 Å². The first-order valence-electron chi connectivity index (χ1n) is 4.86. The van der Waals surface area contributed by atoms with Gasteiger partial charge in [0.05, 0.1) is 12.2 Å². The van der Waals surface area contributed by atoms with Gasteiger partial charge in [-0.1, -0.05) is 12.6 Å². The molecule has 3 nitrogen and oxygen atoms in total. The van der Waals surface area contributed by atoms with Crippen molar-refractivity contribution in [2.75, 3.05) is 13.2 Å². The lowest BCUT2D eigenvalue weighted by Crippen LogP contribution is -2.13. The largest absolute Gasteiger partial charge is 0.489 e. The molecule has 4 heteroatoms. The van der Waals surface area contributed by atoms with E-state index in [1.165, 1.54) is 0 Å². The molecule has 0 aliphatic rings. The SMILES string of the molecule is C=C(COc1cccc(I)c1)C(=O)OCC. The van der Waals surface area contributed by atoms with Crippen LogP contribution in [0.3, 0.4) is 0 Å². The number of hydrogen-bond acceptors (Lipinski definition) is 3. The molecule has 0 fully saturated rings. The maximum absolute atomic E-state index is 11.2. The summed E-state index contributed by atoms with van der Waals surface area (Å²) >= 11 is 2.20. The van der Waals surface area contributed by atoms with E-state index in [4.69, 9.17) is 9.47 Å². The summed E-state index contributed by atoms with van der Waals surface area (Å²) in [6, 6.07) is 7.58. The fraction of sp³-hybridized carbons (Fsp3) is 0.250. The number of rotatable bonds is 5. The van der Waals surface area contributed by atoms with Crippen LogP contribution in [0, 0.1) is 3.57 Å². The van der Waals surface area contributed by atoms with E-state index in [-0.39, 0.29) is 6.61 Å². The van der Waals surface area contributed by atoms with E-state index < -0.39 is 5.97 Å². The lowest BCUT2D eigenvalue weighted by Gasteiger charge is -2.08. The molecule has 0 aliphatic carbocycles. The van der Waals surface area contributed by atoms with E-state index >= 15 is 0 Å². The van der Waals surface area contributed by atoms with Crippen molar-refractivity contribution in [3.63, 3.8) is 0 Å². The number of hydrogen-bond donors (Lipinski definition) is 0. The molecule has 0 saturated heterocycles. The van der Waals surface area contributed by atoms with Gasteiger partial charge in [-0.15, -0.1) is 0 Å². The quantitative estimate of drug-likeness (QED) is 0.473. The highest BCUT2D eigenvalue weighted by atomic mass is 127. The maximum atomic E-state index is 11.2. The smallest absolute Gasteiger partial charge is 0.336 e. The summed E-state index contributed by atoms with van der Waals surface area (Å²) in [5, 5.41) is 0. The van der Waals surface area contributed by atoms with Gasteiger partial charge >= 0.3 is 5.97 Å². The van der Waals surface area contributed by atoms with Crippen LogP contribution in [-0.4, -0.2) is 19.2 Å². The van der Waals surface area contributed by atoms with E-state index in [0.717, 1.165) is 9.32 Å². The lowest BCUT2D eigenvalue weighted by atomic mass is 10.3. The Bertz CT molecular complexity index is 388. The predicted molar refractivity (Wildman–Crippen MR) is 70.4 cm³/mol. The van der Waals surface area contributed by atoms with Crippen LogP contribution in [0.2, 0.25) is 0 Å². The third-order valence-electron chi connectivity index (χ3n) is 1.77. The van der Waals surface area contributed by atoms with Crippen molar-refractivity contribution in [1.82, 2.24) is 0 Å². The van der Waals surface area contributed by atoms with E-state index in [1.807, 2.05) is 24.3 Å². The van der Waals surface area contributed by atoms with Crippen molar-refractivity contribution in [3.05, 3.63) is 40.0 Å². The summed E-state index contributed by atoms with van der Waals surface area (Å²) in [5.41, 5.74) is 0.320. The molecule has 0 aliphatic heterocycles. The van der Waals surface area contributed by atoms with Gasteiger partial charge in [0.25, 0.3) is 0 Å². The number of esters is 1. The van der Waals surface area contributed by atoms with Crippen LogP contribution in [0.25, 0.3) is 0 Å². The van der Waals surface area contributed by atoms with Crippen molar-refractivity contribution in [2.45, 2.75) is 6.92 Å². The number of carbonyl (C=O) groups is 1. The van der Waals surface area contributed by atoms with Crippen molar-refractivity contribution in [1.29, 1.82) is 0 Å². The van der Waals surface area contributed by atoms with Gasteiger partial charge < -0.3 is 9.47 Å². The van der Waals surface area contributed by atoms with Crippen LogP contribution in [0.1, 0.15) is 6.92 Å². The lowest BCUT2D eigenvalue weighted by molar-refractivity contribution is -0.138. The van der Waals surface area contributed by atoms with Crippen LogP contribution in [0.4, 0.5) is 0 Å². The molecule has 1 aromatic carbocycles. The minimum Gasteiger partial charge on any atom is -0.489 e. The number of carbonyl (C=O) groups excluding carboxylic acids is 1. The molecule has 1 aromatic rings. The molecule has 0 amide bonds. The Morgan fingerprint density at radius 3 is 2.88 bits per heavy atom. The second-order valence-electron chi connectivity index (χ2n) is 3.07. The Hall–Kier alpha value is -1.04. The Morgan fingerprint density at radius 1 is 1.50 bits per heavy atom. The van der Waals surface area contributed by atoms with E-state index in [9.17, 15) is 4.79 Å². The Kier molecular flexibility index (Phi) is 5.31. The Balaban J connectivity index is 2.46. The minimum absolute atomic E-state index is 0.152. The zero-order valence-corrected chi connectivity index (χ0v) is 11.2. The highest BCUT2D eigenvalue weighted by Gasteiger charge is 2.08. The zero-order valence-electron chi connectivity index (χ0n) is 9.03. The summed E-state index contributed by atoms with van der Waals surface area (Å²) in [6.45, 7) is 5.86. The van der Waals surface area contributed by atoms with E-state index in [1.54, 1.807) is 6.92 Å². The van der Waals surface area contributed by atoms with Crippen LogP contribution >= 0.6 is 22.6 Å². The second kappa shape index (κ2) is 6.52. The third-order valence-corrected chi connectivity index (χ3v) is 2.44. The normalized spacial score (nSPS) is 9.62. The van der Waals surface area contributed by atoms with Crippen molar-refractivity contribution in [2.24, 2.45) is 0 Å². The molecule has 86 valence electrons. The molecule has 0 atom stereocenters. The average Bonchev–Trinajstić information content (AvgIpc) is 2.26. The topological polar surface area (TPSA) is 35.5 Å². The van der Waals surface area contributed by atoms with Crippen molar-refractivity contribution >= 4 is 28.6 Å². The number of benzene rings is 1. The van der Waals surface area contributed by atoms with E-state index in [0.29, 0.717) is 12.2 Å². The monoisotopic (exact) mass is 332 g/mol. The molecule has 0 aromatic heterocycles. The van der Waals surface area contributed by atoms with Crippen molar-refractivity contribution < 1.29 is 14.3 Å². The van der Waals surface area contributed by atoms with Gasteiger partial charge in [-0.25, -0.2) is 4.79 Å². The molecule has 0 heterocycles. The first kappa shape index (κ1) is 13.0. The first-order valence-corrected chi connectivity index (χ1v) is 5.94. The fourth-order valence-electron chi connectivity index (χ4n) is 1.02. The minimum atomic E-state index is -0.409. The summed E-state index contributed by atoms with van der Waals surface area (Å²) in [7, 11) is 0. The molecule has 0 saturated carbocycles. The van der Waals surface area contributed by atoms with Gasteiger partial charge in [-0.3, -0.25) is 0 Å².